The van der Waals surface area contributed by atoms with Crippen LogP contribution in [0.15, 0.2) is 17.9 Å². The maximum Gasteiger partial charge on any atom is 0.200 e. The van der Waals surface area contributed by atoms with Crippen LogP contribution < -0.4 is 0 Å². The third-order valence-corrected chi connectivity index (χ3v) is 10.3. The second-order valence-corrected chi connectivity index (χ2v) is 11.6. The van der Waals surface area contributed by atoms with Crippen LogP contribution in [0.4, 0.5) is 43.9 Å². The van der Waals surface area contributed by atoms with E-state index in [4.69, 9.17) is 0 Å². The molecule has 2 heterocycles. The Kier molecular flexibility index (Phi) is 6.94. The molecule has 4 aromatic carbocycles. The van der Waals surface area contributed by atoms with Gasteiger partial charge in [-0.1, -0.05) is 0 Å². The molecule has 0 N–H and O–H groups in total. The van der Waals surface area contributed by atoms with Crippen molar-refractivity contribution in [2.24, 2.45) is 0 Å². The molecule has 0 aliphatic carbocycles. The number of halogens is 14. The van der Waals surface area contributed by atoms with Gasteiger partial charge in [0.2, 0.25) is 11.6 Å². The second kappa shape index (κ2) is 9.92. The number of benzene rings is 4. The van der Waals surface area contributed by atoms with Crippen LogP contribution >= 0.6 is 63.7 Å². The molecule has 2 aromatic heterocycles. The van der Waals surface area contributed by atoms with Crippen LogP contribution in [-0.2, 0) is 0 Å². The van der Waals surface area contributed by atoms with Gasteiger partial charge in [-0.15, -0.1) is 0 Å². The van der Waals surface area contributed by atoms with Crippen molar-refractivity contribution in [2.75, 3.05) is 0 Å². The summed E-state index contributed by atoms with van der Waals surface area (Å²) in [6, 6.07) is 0. The monoisotopic (exact) mass is 850 g/mol. The summed E-state index contributed by atoms with van der Waals surface area (Å²) >= 11 is 12.8. The van der Waals surface area contributed by atoms with Crippen LogP contribution in [0.2, 0.25) is 0 Å². The van der Waals surface area contributed by atoms with E-state index in [0.717, 1.165) is 0 Å². The van der Waals surface area contributed by atoms with E-state index in [2.05, 4.69) is 83.7 Å². The average Bonchev–Trinajstić information content (AvgIpc) is 2.97. The molecule has 0 fully saturated rings. The Hall–Kier alpha value is -2.70. The van der Waals surface area contributed by atoms with Crippen molar-refractivity contribution >= 4 is 96.6 Å². The fourth-order valence-corrected chi connectivity index (χ4v) is 6.17. The van der Waals surface area contributed by atoms with Crippen LogP contribution in [0.5, 0.6) is 0 Å². The van der Waals surface area contributed by atoms with Crippen molar-refractivity contribution < 1.29 is 43.9 Å². The Bertz CT molecular complexity index is 1920. The Morgan fingerprint density at radius 3 is 0.714 bits per heavy atom. The van der Waals surface area contributed by atoms with Gasteiger partial charge in [0.1, 0.15) is 0 Å². The minimum absolute atomic E-state index is 0.0294. The maximum atomic E-state index is 14.7. The lowest BCUT2D eigenvalue weighted by atomic mass is 10.0. The van der Waals surface area contributed by atoms with Gasteiger partial charge >= 0.3 is 0 Å². The highest BCUT2D eigenvalue weighted by molar-refractivity contribution is 9.13. The lowest BCUT2D eigenvalue weighted by Crippen LogP contribution is -2.08. The SMILES string of the molecule is Fc1c(F)c(F)c(-c2nc3c(Br)c(Br)c4nc(-c5c(F)c(F)c(F)c(F)c5F)nc5c(Br)c(Br)c(n2)c3c45)c(F)c1F. The number of hydrogen-bond acceptors (Lipinski definition) is 4. The van der Waals surface area contributed by atoms with Gasteiger partial charge in [0.15, 0.2) is 58.2 Å². The topological polar surface area (TPSA) is 51.6 Å². The summed E-state index contributed by atoms with van der Waals surface area (Å²) in [5.74, 6) is -24.3. The van der Waals surface area contributed by atoms with Gasteiger partial charge in [0, 0.05) is 10.8 Å². The Labute approximate surface area is 258 Å². The third kappa shape index (κ3) is 3.83. The van der Waals surface area contributed by atoms with E-state index in [0.29, 0.717) is 0 Å². The fourth-order valence-electron chi connectivity index (χ4n) is 4.27. The number of rotatable bonds is 2. The molecular weight excluding hydrogens is 854 g/mol. The van der Waals surface area contributed by atoms with Crippen LogP contribution in [0, 0.1) is 58.2 Å². The molecule has 0 atom stereocenters. The Balaban J connectivity index is 1.78. The van der Waals surface area contributed by atoms with Crippen molar-refractivity contribution in [3.8, 4) is 22.8 Å². The van der Waals surface area contributed by atoms with Crippen LogP contribution in [0.25, 0.3) is 55.6 Å². The molecule has 6 aromatic rings. The third-order valence-electron chi connectivity index (χ3n) is 6.15. The van der Waals surface area contributed by atoms with Crippen LogP contribution in [0.1, 0.15) is 0 Å². The Morgan fingerprint density at radius 2 is 0.500 bits per heavy atom. The van der Waals surface area contributed by atoms with Crippen LogP contribution in [0.3, 0.4) is 0 Å². The first-order valence-electron chi connectivity index (χ1n) is 10.7. The fraction of sp³-hybridized carbons (Fsp3) is 0. The van der Waals surface area contributed by atoms with E-state index in [1.807, 2.05) is 0 Å². The molecule has 214 valence electrons. The summed E-state index contributed by atoms with van der Waals surface area (Å²) in [6.45, 7) is 0. The van der Waals surface area contributed by atoms with Crippen molar-refractivity contribution in [3.63, 3.8) is 0 Å². The molecule has 0 bridgehead atoms. The first-order chi connectivity index (χ1) is 19.7. The van der Waals surface area contributed by atoms with Crippen molar-refractivity contribution in [1.29, 1.82) is 0 Å². The number of aromatic nitrogens is 4. The van der Waals surface area contributed by atoms with Gasteiger partial charge in [0.25, 0.3) is 0 Å². The van der Waals surface area contributed by atoms with Gasteiger partial charge in [0.05, 0.1) is 51.1 Å². The highest BCUT2D eigenvalue weighted by Crippen LogP contribution is 2.48. The minimum Gasteiger partial charge on any atom is -0.226 e. The van der Waals surface area contributed by atoms with E-state index in [1.165, 1.54) is 0 Å². The molecular formula is C24Br4F10N4. The predicted molar refractivity (Wildman–Crippen MR) is 143 cm³/mol. The Morgan fingerprint density at radius 1 is 0.310 bits per heavy atom. The lowest BCUT2D eigenvalue weighted by Gasteiger charge is -2.18. The minimum atomic E-state index is -2.39. The van der Waals surface area contributed by atoms with Crippen molar-refractivity contribution in [2.45, 2.75) is 0 Å². The summed E-state index contributed by atoms with van der Waals surface area (Å²) in [6.07, 6.45) is 0. The van der Waals surface area contributed by atoms with E-state index in [-0.39, 0.29) is 50.7 Å². The molecule has 0 saturated carbocycles. The molecule has 0 saturated heterocycles. The van der Waals surface area contributed by atoms with E-state index in [1.54, 1.807) is 0 Å². The molecule has 6 rings (SSSR count). The zero-order valence-electron chi connectivity index (χ0n) is 19.1. The van der Waals surface area contributed by atoms with Gasteiger partial charge in [-0.25, -0.2) is 63.8 Å². The van der Waals surface area contributed by atoms with E-state index >= 15 is 0 Å². The molecule has 0 aliphatic rings. The smallest absolute Gasteiger partial charge is 0.200 e. The highest BCUT2D eigenvalue weighted by Gasteiger charge is 2.33. The highest BCUT2D eigenvalue weighted by atomic mass is 79.9. The van der Waals surface area contributed by atoms with Gasteiger partial charge < -0.3 is 0 Å². The molecule has 0 amide bonds. The van der Waals surface area contributed by atoms with Crippen molar-refractivity contribution in [3.05, 3.63) is 76.1 Å². The molecule has 0 aliphatic heterocycles. The molecule has 4 nitrogen and oxygen atoms in total. The first kappa shape index (κ1) is 29.4. The zero-order valence-corrected chi connectivity index (χ0v) is 25.4. The predicted octanol–water partition coefficient (Wildman–Crippen LogP) is 9.94. The summed E-state index contributed by atoms with van der Waals surface area (Å²) < 4.78 is 142. The molecule has 18 heteroatoms. The zero-order chi connectivity index (χ0) is 30.7. The van der Waals surface area contributed by atoms with Gasteiger partial charge in [-0.2, -0.15) is 0 Å². The second-order valence-electron chi connectivity index (χ2n) is 8.38. The summed E-state index contributed by atoms with van der Waals surface area (Å²) in [4.78, 5) is 16.1. The summed E-state index contributed by atoms with van der Waals surface area (Å²) in [7, 11) is 0. The standard InChI is InChI=1S/C24Br4F10N4/c25-5-7(27)21-2-1-19(5)39-23(3-9(29)13(33)17(37)14(34)10(3)30)40-20(1)6(26)8(28)22(2)42-24(41-21)4-11(31)15(35)18(38)16(36)12(4)32. The van der Waals surface area contributed by atoms with E-state index < -0.39 is 80.9 Å². The molecule has 0 unspecified atom stereocenters. The first-order valence-corrected chi connectivity index (χ1v) is 13.9. The molecule has 42 heavy (non-hydrogen) atoms. The maximum absolute atomic E-state index is 14.7. The summed E-state index contributed by atoms with van der Waals surface area (Å²) in [5.41, 5.74) is -3.50. The van der Waals surface area contributed by atoms with Crippen LogP contribution in [-0.4, -0.2) is 19.9 Å². The quantitative estimate of drug-likeness (QED) is 0.0754. The normalized spacial score (nSPS) is 12.0. The number of nitrogens with zero attached hydrogens (tertiary/aromatic N) is 4. The molecule has 0 radical (unpaired) electrons. The number of hydrogen-bond donors (Lipinski definition) is 0. The van der Waals surface area contributed by atoms with E-state index in [9.17, 15) is 43.9 Å². The summed E-state index contributed by atoms with van der Waals surface area (Å²) in [5, 5.41) is 0.0588. The average molecular weight is 854 g/mol. The molecule has 0 spiro atoms. The lowest BCUT2D eigenvalue weighted by molar-refractivity contribution is 0.381. The van der Waals surface area contributed by atoms with Crippen molar-refractivity contribution in [1.82, 2.24) is 19.9 Å². The van der Waals surface area contributed by atoms with Gasteiger partial charge in [-0.05, 0) is 63.7 Å². The van der Waals surface area contributed by atoms with Gasteiger partial charge in [-0.3, -0.25) is 0 Å². The largest absolute Gasteiger partial charge is 0.226 e.